The van der Waals surface area contributed by atoms with Crippen LogP contribution in [0.4, 0.5) is 0 Å². The highest BCUT2D eigenvalue weighted by Crippen LogP contribution is 2.32. The van der Waals surface area contributed by atoms with Crippen LogP contribution in [0.15, 0.2) is 66.7 Å². The van der Waals surface area contributed by atoms with E-state index in [1.807, 2.05) is 30.3 Å². The molecule has 4 N–H and O–H groups in total. The number of nitrogens with two attached hydrogens (primary N) is 1. The van der Waals surface area contributed by atoms with Gasteiger partial charge in [0.1, 0.15) is 18.3 Å². The Labute approximate surface area is 191 Å². The first-order chi connectivity index (χ1) is 16.2. The van der Waals surface area contributed by atoms with Crippen molar-refractivity contribution >= 4 is 11.0 Å². The van der Waals surface area contributed by atoms with Crippen molar-refractivity contribution in [2.45, 2.75) is 31.0 Å². The molecule has 2 aliphatic heterocycles. The highest BCUT2D eigenvalue weighted by molar-refractivity contribution is 5.83. The normalized spacial score (nSPS) is 24.3. The fourth-order valence-corrected chi connectivity index (χ4v) is 4.70. The van der Waals surface area contributed by atoms with E-state index in [2.05, 4.69) is 41.4 Å². The van der Waals surface area contributed by atoms with Gasteiger partial charge in [-0.2, -0.15) is 0 Å². The molecule has 0 amide bonds. The molecule has 6 rings (SSSR count). The van der Waals surface area contributed by atoms with E-state index in [0.29, 0.717) is 19.0 Å². The summed E-state index contributed by atoms with van der Waals surface area (Å²) in [5.74, 6) is 0.594. The van der Waals surface area contributed by atoms with Gasteiger partial charge >= 0.3 is 0 Å². The minimum atomic E-state index is -0.601. The standard InChI is InChI=1S/C26H25N3O4/c27-12-18-10-19-20(11-23(28-19)33-22-14-32-25-21(30)13-31-26(22)25)29-24(18)17-8-6-16(7-9-17)15-4-2-1-3-5-15/h1-11,21-22,25-26,28,30H,12-14,27H2/t21?,22?,25?,26-/m1/s1. The number of rotatable bonds is 5. The molecular formula is C26H25N3O4. The number of nitrogens with zero attached hydrogens (tertiary/aromatic N) is 1. The van der Waals surface area contributed by atoms with Crippen molar-refractivity contribution in [2.24, 2.45) is 5.73 Å². The maximum Gasteiger partial charge on any atom is 0.193 e. The summed E-state index contributed by atoms with van der Waals surface area (Å²) in [7, 11) is 0. The van der Waals surface area contributed by atoms with Crippen molar-refractivity contribution < 1.29 is 19.3 Å². The van der Waals surface area contributed by atoms with E-state index >= 15 is 0 Å². The third-order valence-electron chi connectivity index (χ3n) is 6.40. The number of aliphatic hydroxyl groups excluding tert-OH is 1. The molecule has 0 saturated carbocycles. The van der Waals surface area contributed by atoms with E-state index in [4.69, 9.17) is 24.9 Å². The zero-order valence-electron chi connectivity index (χ0n) is 18.0. The molecule has 2 aromatic heterocycles. The molecule has 2 aromatic carbocycles. The topological polar surface area (TPSA) is 103 Å². The maximum atomic E-state index is 9.94. The molecule has 33 heavy (non-hydrogen) atoms. The summed E-state index contributed by atoms with van der Waals surface area (Å²) in [6.45, 7) is 1.03. The van der Waals surface area contributed by atoms with Crippen molar-refractivity contribution in [3.63, 3.8) is 0 Å². The molecule has 168 valence electrons. The van der Waals surface area contributed by atoms with Crippen LogP contribution in [0.1, 0.15) is 5.56 Å². The van der Waals surface area contributed by atoms with Crippen LogP contribution in [0, 0.1) is 0 Å². The lowest BCUT2D eigenvalue weighted by Gasteiger charge is -2.16. The molecule has 7 nitrogen and oxygen atoms in total. The van der Waals surface area contributed by atoms with Gasteiger partial charge in [-0.3, -0.25) is 0 Å². The summed E-state index contributed by atoms with van der Waals surface area (Å²) < 4.78 is 17.4. The SMILES string of the molecule is NCc1cc2[nH]c(OC3COC4C(O)CO[C@H]34)cc2nc1-c1ccc(-c2ccccc2)cc1. The van der Waals surface area contributed by atoms with Gasteiger partial charge in [0.05, 0.1) is 29.9 Å². The lowest BCUT2D eigenvalue weighted by Crippen LogP contribution is -2.34. The minimum Gasteiger partial charge on any atom is -0.470 e. The highest BCUT2D eigenvalue weighted by Gasteiger charge is 2.48. The average molecular weight is 444 g/mol. The molecule has 4 atom stereocenters. The Balaban J connectivity index is 1.28. The van der Waals surface area contributed by atoms with Crippen LogP contribution < -0.4 is 10.5 Å². The second-order valence-electron chi connectivity index (χ2n) is 8.53. The molecule has 4 aromatic rings. The Bertz CT molecular complexity index is 1270. The lowest BCUT2D eigenvalue weighted by molar-refractivity contribution is 0.00794. The minimum absolute atomic E-state index is 0.266. The highest BCUT2D eigenvalue weighted by atomic mass is 16.6. The van der Waals surface area contributed by atoms with E-state index in [1.165, 1.54) is 5.56 Å². The Morgan fingerprint density at radius 2 is 1.67 bits per heavy atom. The quantitative estimate of drug-likeness (QED) is 0.438. The molecule has 2 fully saturated rings. The molecular weight excluding hydrogens is 418 g/mol. The number of H-pyrrole nitrogens is 1. The van der Waals surface area contributed by atoms with Gasteiger partial charge in [-0.05, 0) is 22.8 Å². The van der Waals surface area contributed by atoms with E-state index in [0.717, 1.165) is 33.4 Å². The second kappa shape index (κ2) is 8.28. The fourth-order valence-electron chi connectivity index (χ4n) is 4.70. The number of aromatic amines is 1. The number of pyridine rings is 1. The van der Waals surface area contributed by atoms with Crippen LogP contribution in [0.2, 0.25) is 0 Å². The molecule has 4 heterocycles. The molecule has 0 aliphatic carbocycles. The Hall–Kier alpha value is -3.23. The Morgan fingerprint density at radius 1 is 0.939 bits per heavy atom. The summed E-state index contributed by atoms with van der Waals surface area (Å²) in [5, 5.41) is 9.94. The average Bonchev–Trinajstić information content (AvgIpc) is 3.55. The van der Waals surface area contributed by atoms with Crippen molar-refractivity contribution in [3.8, 4) is 28.3 Å². The summed E-state index contributed by atoms with van der Waals surface area (Å²) >= 11 is 0. The lowest BCUT2D eigenvalue weighted by atomic mass is 10.0. The molecule has 0 bridgehead atoms. The fraction of sp³-hybridized carbons (Fsp3) is 0.269. The van der Waals surface area contributed by atoms with Crippen molar-refractivity contribution in [3.05, 3.63) is 72.3 Å². The van der Waals surface area contributed by atoms with Crippen LogP contribution in [0.25, 0.3) is 33.4 Å². The monoisotopic (exact) mass is 443 g/mol. The molecule has 3 unspecified atom stereocenters. The first-order valence-corrected chi connectivity index (χ1v) is 11.2. The molecule has 2 aliphatic rings. The second-order valence-corrected chi connectivity index (χ2v) is 8.53. The van der Waals surface area contributed by atoms with Gasteiger partial charge in [0.25, 0.3) is 0 Å². The van der Waals surface area contributed by atoms with E-state index in [9.17, 15) is 5.11 Å². The summed E-state index contributed by atoms with van der Waals surface area (Å²) in [6.07, 6.45) is -1.47. The molecule has 7 heteroatoms. The van der Waals surface area contributed by atoms with Gasteiger partial charge < -0.3 is 30.0 Å². The van der Waals surface area contributed by atoms with Crippen LogP contribution >= 0.6 is 0 Å². The molecule has 0 spiro atoms. The number of aliphatic hydroxyl groups is 1. The predicted octanol–water partition coefficient (Wildman–Crippen LogP) is 3.26. The number of hydrogen-bond donors (Lipinski definition) is 3. The van der Waals surface area contributed by atoms with Gasteiger partial charge in [0.15, 0.2) is 12.0 Å². The zero-order chi connectivity index (χ0) is 22.4. The van der Waals surface area contributed by atoms with Crippen molar-refractivity contribution in [2.75, 3.05) is 13.2 Å². The first kappa shape index (κ1) is 20.4. The molecule has 2 saturated heterocycles. The Kier molecular flexibility index (Phi) is 5.11. The summed E-state index contributed by atoms with van der Waals surface area (Å²) in [5.41, 5.74) is 12.9. The van der Waals surface area contributed by atoms with Crippen LogP contribution in [0.3, 0.4) is 0 Å². The number of aromatic nitrogens is 2. The van der Waals surface area contributed by atoms with Crippen LogP contribution in [-0.2, 0) is 16.0 Å². The van der Waals surface area contributed by atoms with Gasteiger partial charge in [0.2, 0.25) is 0 Å². The zero-order valence-corrected chi connectivity index (χ0v) is 18.0. The number of hydrogen-bond acceptors (Lipinski definition) is 6. The smallest absolute Gasteiger partial charge is 0.193 e. The third kappa shape index (κ3) is 3.69. The number of benzene rings is 2. The van der Waals surface area contributed by atoms with E-state index in [1.54, 1.807) is 0 Å². The maximum absolute atomic E-state index is 9.94. The predicted molar refractivity (Wildman–Crippen MR) is 125 cm³/mol. The largest absolute Gasteiger partial charge is 0.470 e. The van der Waals surface area contributed by atoms with E-state index in [-0.39, 0.29) is 24.9 Å². The van der Waals surface area contributed by atoms with Crippen LogP contribution in [-0.4, -0.2) is 52.7 Å². The van der Waals surface area contributed by atoms with E-state index < -0.39 is 6.10 Å². The first-order valence-electron chi connectivity index (χ1n) is 11.2. The van der Waals surface area contributed by atoms with Crippen molar-refractivity contribution in [1.82, 2.24) is 9.97 Å². The van der Waals surface area contributed by atoms with Gasteiger partial charge in [-0.15, -0.1) is 0 Å². The van der Waals surface area contributed by atoms with Gasteiger partial charge in [-0.25, -0.2) is 4.98 Å². The summed E-state index contributed by atoms with van der Waals surface area (Å²) in [4.78, 5) is 8.18. The summed E-state index contributed by atoms with van der Waals surface area (Å²) in [6, 6.07) is 22.6. The third-order valence-corrected chi connectivity index (χ3v) is 6.40. The van der Waals surface area contributed by atoms with Gasteiger partial charge in [0, 0.05) is 18.2 Å². The number of ether oxygens (including phenoxy) is 3. The van der Waals surface area contributed by atoms with Gasteiger partial charge in [-0.1, -0.05) is 54.6 Å². The number of nitrogens with one attached hydrogen (secondary N) is 1. The molecule has 0 radical (unpaired) electrons. The van der Waals surface area contributed by atoms with Crippen molar-refractivity contribution in [1.29, 1.82) is 0 Å². The van der Waals surface area contributed by atoms with Crippen LogP contribution in [0.5, 0.6) is 5.88 Å². The number of fused-ring (bicyclic) bond motifs is 2. The Morgan fingerprint density at radius 3 is 2.45 bits per heavy atom.